The van der Waals surface area contributed by atoms with E-state index in [1.807, 2.05) is 13.8 Å². The molecule has 9 heteroatoms. The highest BCUT2D eigenvalue weighted by Crippen LogP contribution is 2.37. The van der Waals surface area contributed by atoms with Crippen molar-refractivity contribution < 1.29 is 13.2 Å². The van der Waals surface area contributed by atoms with Gasteiger partial charge in [-0.2, -0.15) is 9.30 Å². The zero-order valence-corrected chi connectivity index (χ0v) is 18.0. The Labute approximate surface area is 173 Å². The van der Waals surface area contributed by atoms with E-state index >= 15 is 0 Å². The molecule has 1 amide bonds. The summed E-state index contributed by atoms with van der Waals surface area (Å²) in [6.45, 7) is 5.98. The molecule has 8 nitrogen and oxygen atoms in total. The molecule has 0 saturated carbocycles. The van der Waals surface area contributed by atoms with Crippen LogP contribution in [-0.2, 0) is 10.0 Å². The largest absolute Gasteiger partial charge is 0.370 e. The Kier molecular flexibility index (Phi) is 6.19. The summed E-state index contributed by atoms with van der Waals surface area (Å²) in [5.41, 5.74) is 11.0. The molecule has 0 bridgehead atoms. The second kappa shape index (κ2) is 8.31. The fraction of sp³-hybridized carbons (Fsp3) is 0.600. The Bertz CT molecular complexity index is 901. The van der Waals surface area contributed by atoms with Gasteiger partial charge in [0.1, 0.15) is 4.90 Å². The smallest absolute Gasteiger partial charge is 0.280 e. The summed E-state index contributed by atoms with van der Waals surface area (Å²) in [5.74, 6) is -0.999. The average Bonchev–Trinajstić information content (AvgIpc) is 2.67. The van der Waals surface area contributed by atoms with Crippen LogP contribution >= 0.6 is 0 Å². The number of sulfonamides is 1. The molecule has 0 atom stereocenters. The Morgan fingerprint density at radius 2 is 1.69 bits per heavy atom. The molecule has 0 unspecified atom stereocenters. The highest BCUT2D eigenvalue weighted by Gasteiger charge is 2.40. The molecule has 2 heterocycles. The predicted octanol–water partition coefficient (Wildman–Crippen LogP) is 2.04. The molecular weight excluding hydrogens is 390 g/mol. The van der Waals surface area contributed by atoms with E-state index in [0.29, 0.717) is 12.2 Å². The summed E-state index contributed by atoms with van der Waals surface area (Å²) < 4.78 is 29.1. The summed E-state index contributed by atoms with van der Waals surface area (Å²) in [6, 6.07) is 4.74. The molecule has 2 fully saturated rings. The summed E-state index contributed by atoms with van der Waals surface area (Å²) in [4.78, 5) is 18.2. The van der Waals surface area contributed by atoms with Gasteiger partial charge in [0.2, 0.25) is 10.0 Å². The number of carbonyl (C=O) groups excluding carboxylic acids is 1. The number of nitrogens with zero attached hydrogens (tertiary/aromatic N) is 3. The lowest BCUT2D eigenvalue weighted by Gasteiger charge is -2.42. The number of nitrogens with two attached hydrogens (primary N) is 2. The third-order valence-electron chi connectivity index (χ3n) is 5.78. The Hall–Kier alpha value is -2.13. The lowest BCUT2D eigenvalue weighted by Crippen LogP contribution is -2.50. The highest BCUT2D eigenvalue weighted by atomic mass is 32.2. The summed E-state index contributed by atoms with van der Waals surface area (Å²) in [5, 5.41) is 0. The van der Waals surface area contributed by atoms with Gasteiger partial charge in [-0.05, 0) is 64.2 Å². The Morgan fingerprint density at radius 3 is 2.31 bits per heavy atom. The minimum absolute atomic E-state index is 0.158. The van der Waals surface area contributed by atoms with Gasteiger partial charge in [0.15, 0.2) is 5.96 Å². The second-order valence-electron chi connectivity index (χ2n) is 8.42. The van der Waals surface area contributed by atoms with E-state index in [-0.39, 0.29) is 16.4 Å². The zero-order valence-electron chi connectivity index (χ0n) is 17.2. The van der Waals surface area contributed by atoms with Gasteiger partial charge in [0.25, 0.3) is 5.91 Å². The van der Waals surface area contributed by atoms with Gasteiger partial charge in [-0.1, -0.05) is 6.42 Å². The predicted molar refractivity (Wildman–Crippen MR) is 114 cm³/mol. The number of hydrogen-bond donors (Lipinski definition) is 2. The first kappa shape index (κ1) is 21.6. The number of carbonyl (C=O) groups is 1. The average molecular weight is 422 g/mol. The zero-order chi connectivity index (χ0) is 21.2. The quantitative estimate of drug-likeness (QED) is 0.567. The Morgan fingerprint density at radius 1 is 1.03 bits per heavy atom. The number of benzene rings is 1. The molecule has 1 aromatic carbocycles. The maximum atomic E-state index is 13.8. The van der Waals surface area contributed by atoms with Gasteiger partial charge < -0.3 is 16.4 Å². The van der Waals surface area contributed by atoms with E-state index in [9.17, 15) is 13.2 Å². The molecule has 0 radical (unpaired) electrons. The van der Waals surface area contributed by atoms with Crippen LogP contribution in [-0.4, -0.2) is 49.8 Å². The van der Waals surface area contributed by atoms with Crippen molar-refractivity contribution in [2.45, 2.75) is 62.8 Å². The summed E-state index contributed by atoms with van der Waals surface area (Å²) in [6.07, 6.45) is 5.80. The number of piperidine rings is 2. The number of guanidine groups is 1. The number of rotatable bonds is 4. The third-order valence-corrected chi connectivity index (χ3v) is 7.92. The maximum Gasteiger partial charge on any atom is 0.280 e. The third kappa shape index (κ3) is 4.56. The monoisotopic (exact) mass is 421 g/mol. The van der Waals surface area contributed by atoms with Crippen LogP contribution in [0.3, 0.4) is 0 Å². The van der Waals surface area contributed by atoms with Crippen molar-refractivity contribution in [3.05, 3.63) is 23.8 Å². The number of amides is 1. The molecule has 160 valence electrons. The van der Waals surface area contributed by atoms with Crippen molar-refractivity contribution in [3.8, 4) is 0 Å². The highest BCUT2D eigenvalue weighted by molar-refractivity contribution is 7.89. The molecule has 29 heavy (non-hydrogen) atoms. The molecule has 4 N–H and O–H groups in total. The minimum Gasteiger partial charge on any atom is -0.370 e. The molecule has 1 aromatic rings. The van der Waals surface area contributed by atoms with E-state index in [4.69, 9.17) is 11.5 Å². The first-order valence-corrected chi connectivity index (χ1v) is 11.6. The fourth-order valence-corrected chi connectivity index (χ4v) is 6.32. The van der Waals surface area contributed by atoms with Gasteiger partial charge in [-0.15, -0.1) is 0 Å². The number of aliphatic imine (C=N–C) groups is 1. The first-order chi connectivity index (χ1) is 13.6. The van der Waals surface area contributed by atoms with Crippen LogP contribution in [0, 0.1) is 0 Å². The van der Waals surface area contributed by atoms with E-state index in [2.05, 4.69) is 9.89 Å². The maximum absolute atomic E-state index is 13.8. The van der Waals surface area contributed by atoms with Crippen LogP contribution < -0.4 is 16.4 Å². The number of hydrogen-bond acceptors (Lipinski definition) is 4. The summed E-state index contributed by atoms with van der Waals surface area (Å²) >= 11 is 0. The van der Waals surface area contributed by atoms with Gasteiger partial charge in [0.05, 0.1) is 5.69 Å². The topological polar surface area (TPSA) is 122 Å². The van der Waals surface area contributed by atoms with Crippen molar-refractivity contribution in [2.24, 2.45) is 16.5 Å². The van der Waals surface area contributed by atoms with Crippen molar-refractivity contribution >= 4 is 27.6 Å². The van der Waals surface area contributed by atoms with E-state index < -0.39 is 21.5 Å². The summed E-state index contributed by atoms with van der Waals surface area (Å²) in [7, 11) is -3.81. The van der Waals surface area contributed by atoms with Crippen LogP contribution in [0.4, 0.5) is 5.69 Å². The second-order valence-corrected chi connectivity index (χ2v) is 10.2. The van der Waals surface area contributed by atoms with E-state index in [1.54, 1.807) is 16.4 Å². The molecule has 3 rings (SSSR count). The molecule has 0 spiro atoms. The van der Waals surface area contributed by atoms with Crippen molar-refractivity contribution in [1.82, 2.24) is 4.31 Å². The molecule has 2 aliphatic rings. The lowest BCUT2D eigenvalue weighted by molar-refractivity contribution is 0.100. The normalized spacial score (nSPS) is 20.3. The first-order valence-electron chi connectivity index (χ1n) is 10.2. The SMILES string of the molecule is CC1(C)CCCCN1S(=O)(=O)c1cc(C(=O)N=C(N)N)ccc1N1CCCCC1. The van der Waals surface area contributed by atoms with Crippen LogP contribution in [0.15, 0.2) is 28.1 Å². The molecular formula is C20H31N5O3S. The van der Waals surface area contributed by atoms with Crippen LogP contribution in [0.5, 0.6) is 0 Å². The van der Waals surface area contributed by atoms with Crippen molar-refractivity contribution in [2.75, 3.05) is 24.5 Å². The van der Waals surface area contributed by atoms with Crippen LogP contribution in [0.1, 0.15) is 62.7 Å². The van der Waals surface area contributed by atoms with E-state index in [0.717, 1.165) is 51.6 Å². The van der Waals surface area contributed by atoms with Crippen molar-refractivity contribution in [1.29, 1.82) is 0 Å². The van der Waals surface area contributed by atoms with Crippen LogP contribution in [0.2, 0.25) is 0 Å². The fourth-order valence-electron chi connectivity index (χ4n) is 4.24. The minimum atomic E-state index is -3.81. The van der Waals surface area contributed by atoms with Gasteiger partial charge in [0, 0.05) is 30.7 Å². The van der Waals surface area contributed by atoms with E-state index in [1.165, 1.54) is 6.07 Å². The molecule has 2 saturated heterocycles. The standard InChI is InChI=1S/C20H31N5O3S/c1-20(2)10-4-7-13-25(20)29(27,28)17-14-15(18(26)23-19(21)22)8-9-16(17)24-11-5-3-6-12-24/h8-9,14H,3-7,10-13H2,1-2H3,(H4,21,22,23,26). The Balaban J connectivity index is 2.11. The molecule has 0 aromatic heterocycles. The lowest BCUT2D eigenvalue weighted by atomic mass is 9.93. The van der Waals surface area contributed by atoms with Crippen LogP contribution in [0.25, 0.3) is 0 Å². The van der Waals surface area contributed by atoms with Gasteiger partial charge >= 0.3 is 0 Å². The molecule has 0 aliphatic carbocycles. The van der Waals surface area contributed by atoms with Gasteiger partial charge in [-0.3, -0.25) is 4.79 Å². The van der Waals surface area contributed by atoms with Gasteiger partial charge in [-0.25, -0.2) is 8.42 Å². The molecule has 2 aliphatic heterocycles. The number of anilines is 1. The van der Waals surface area contributed by atoms with Crippen molar-refractivity contribution in [3.63, 3.8) is 0 Å².